The molecule has 0 radical (unpaired) electrons. The summed E-state index contributed by atoms with van der Waals surface area (Å²) in [4.78, 5) is 26.9. The molecule has 2 N–H and O–H groups in total. The molecule has 2 heterocycles. The topological polar surface area (TPSA) is 61.4 Å². The van der Waals surface area contributed by atoms with E-state index < -0.39 is 11.8 Å². The van der Waals surface area contributed by atoms with E-state index in [-0.39, 0.29) is 6.04 Å². The predicted molar refractivity (Wildman–Crippen MR) is 110 cm³/mol. The van der Waals surface area contributed by atoms with Crippen LogP contribution in [0.1, 0.15) is 37.3 Å². The molecule has 0 saturated carbocycles. The highest BCUT2D eigenvalue weighted by molar-refractivity contribution is 7.08. The summed E-state index contributed by atoms with van der Waals surface area (Å²) in [5.41, 5.74) is 1.74. The molecule has 1 unspecified atom stereocenters. The van der Waals surface area contributed by atoms with E-state index in [1.54, 1.807) is 35.6 Å². The molecule has 1 aromatic carbocycles. The molecule has 2 aromatic rings. The number of hydrogen-bond acceptors (Lipinski definition) is 4. The Hall–Kier alpha value is -1.89. The molecule has 144 valence electrons. The fourth-order valence-corrected chi connectivity index (χ4v) is 4.15. The summed E-state index contributed by atoms with van der Waals surface area (Å²) >= 11 is 7.48. The van der Waals surface area contributed by atoms with Crippen LogP contribution >= 0.6 is 22.9 Å². The van der Waals surface area contributed by atoms with Gasteiger partial charge in [-0.05, 0) is 72.6 Å². The lowest BCUT2D eigenvalue weighted by molar-refractivity contribution is -0.136. The zero-order chi connectivity index (χ0) is 19.1. The van der Waals surface area contributed by atoms with E-state index in [9.17, 15) is 9.59 Å². The van der Waals surface area contributed by atoms with Crippen LogP contribution < -0.4 is 10.6 Å². The van der Waals surface area contributed by atoms with Gasteiger partial charge >= 0.3 is 11.8 Å². The number of anilines is 1. The molecule has 3 rings (SSSR count). The van der Waals surface area contributed by atoms with E-state index in [2.05, 4.69) is 32.4 Å². The first-order valence-electron chi connectivity index (χ1n) is 9.24. The molecular formula is C20H24ClN3O2S. The Kier molecular flexibility index (Phi) is 7.26. The standard InChI is InChI=1S/C20H24ClN3O2S/c21-16-5-7-17(8-6-16)23-20(26)19(25)22-13-18(15-9-12-27-14-15)24-10-3-1-2-4-11-24/h5-9,12,14,18H,1-4,10-11,13H2,(H,22,25)(H,23,26). The largest absolute Gasteiger partial charge is 0.346 e. The molecule has 1 saturated heterocycles. The number of rotatable bonds is 5. The quantitative estimate of drug-likeness (QED) is 0.737. The van der Waals surface area contributed by atoms with Gasteiger partial charge in [0.25, 0.3) is 0 Å². The minimum atomic E-state index is -0.669. The van der Waals surface area contributed by atoms with Gasteiger partial charge in [0, 0.05) is 17.3 Å². The van der Waals surface area contributed by atoms with Crippen molar-refractivity contribution in [1.82, 2.24) is 10.2 Å². The number of benzene rings is 1. The summed E-state index contributed by atoms with van der Waals surface area (Å²) in [6.45, 7) is 2.46. The fourth-order valence-electron chi connectivity index (χ4n) is 3.32. The third-order valence-electron chi connectivity index (χ3n) is 4.77. The lowest BCUT2D eigenvalue weighted by Gasteiger charge is -2.30. The normalized spacial score (nSPS) is 16.3. The van der Waals surface area contributed by atoms with Crippen LogP contribution in [0.25, 0.3) is 0 Å². The molecule has 1 atom stereocenters. The highest BCUT2D eigenvalue weighted by atomic mass is 35.5. The Morgan fingerprint density at radius 2 is 1.74 bits per heavy atom. The smallest absolute Gasteiger partial charge is 0.313 e. The Labute approximate surface area is 168 Å². The predicted octanol–water partition coefficient (Wildman–Crippen LogP) is 4.07. The van der Waals surface area contributed by atoms with E-state index in [1.165, 1.54) is 31.2 Å². The van der Waals surface area contributed by atoms with Gasteiger partial charge in [0.2, 0.25) is 0 Å². The highest BCUT2D eigenvalue weighted by Gasteiger charge is 2.24. The van der Waals surface area contributed by atoms with E-state index in [4.69, 9.17) is 11.6 Å². The Morgan fingerprint density at radius 3 is 2.37 bits per heavy atom. The number of hydrogen-bond donors (Lipinski definition) is 2. The number of amides is 2. The van der Waals surface area contributed by atoms with E-state index in [1.807, 2.05) is 0 Å². The SMILES string of the molecule is O=C(NCC(c1ccsc1)N1CCCCCC1)C(=O)Nc1ccc(Cl)cc1. The van der Waals surface area contributed by atoms with Gasteiger partial charge in [-0.1, -0.05) is 24.4 Å². The van der Waals surface area contributed by atoms with Gasteiger partial charge in [-0.15, -0.1) is 0 Å². The average molecular weight is 406 g/mol. The molecule has 1 aliphatic rings. The second-order valence-electron chi connectivity index (χ2n) is 6.69. The molecule has 0 aliphatic carbocycles. The second kappa shape index (κ2) is 9.88. The van der Waals surface area contributed by atoms with Crippen LogP contribution in [0.15, 0.2) is 41.1 Å². The maximum atomic E-state index is 12.3. The van der Waals surface area contributed by atoms with Crippen molar-refractivity contribution < 1.29 is 9.59 Å². The zero-order valence-corrected chi connectivity index (χ0v) is 16.7. The van der Waals surface area contributed by atoms with Gasteiger partial charge in [-0.2, -0.15) is 11.3 Å². The Balaban J connectivity index is 1.59. The van der Waals surface area contributed by atoms with Crippen molar-refractivity contribution in [2.75, 3.05) is 25.0 Å². The highest BCUT2D eigenvalue weighted by Crippen LogP contribution is 2.25. The van der Waals surface area contributed by atoms with Crippen LogP contribution in [-0.2, 0) is 9.59 Å². The van der Waals surface area contributed by atoms with Crippen molar-refractivity contribution in [2.24, 2.45) is 0 Å². The molecule has 1 fully saturated rings. The Bertz CT molecular complexity index is 741. The second-order valence-corrected chi connectivity index (χ2v) is 7.91. The lowest BCUT2D eigenvalue weighted by atomic mass is 10.1. The minimum absolute atomic E-state index is 0.0987. The van der Waals surface area contributed by atoms with Gasteiger partial charge in [-0.3, -0.25) is 14.5 Å². The summed E-state index contributed by atoms with van der Waals surface area (Å²) < 4.78 is 0. The number of nitrogens with one attached hydrogen (secondary N) is 2. The van der Waals surface area contributed by atoms with Gasteiger partial charge in [0.1, 0.15) is 0 Å². The van der Waals surface area contributed by atoms with Crippen molar-refractivity contribution in [3.63, 3.8) is 0 Å². The summed E-state index contributed by atoms with van der Waals surface area (Å²) in [6.07, 6.45) is 4.85. The number of halogens is 1. The van der Waals surface area contributed by atoms with E-state index >= 15 is 0 Å². The van der Waals surface area contributed by atoms with E-state index in [0.717, 1.165) is 13.1 Å². The zero-order valence-electron chi connectivity index (χ0n) is 15.1. The van der Waals surface area contributed by atoms with Crippen molar-refractivity contribution >= 4 is 40.4 Å². The van der Waals surface area contributed by atoms with Crippen LogP contribution in [0.5, 0.6) is 0 Å². The van der Waals surface area contributed by atoms with E-state index in [0.29, 0.717) is 17.3 Å². The molecule has 1 aromatic heterocycles. The van der Waals surface area contributed by atoms with Crippen LogP contribution in [0.2, 0.25) is 5.02 Å². The molecule has 7 heteroatoms. The number of carbonyl (C=O) groups excluding carboxylic acids is 2. The fraction of sp³-hybridized carbons (Fsp3) is 0.400. The summed E-state index contributed by atoms with van der Waals surface area (Å²) in [5.74, 6) is -1.29. The van der Waals surface area contributed by atoms with Gasteiger partial charge in [0.05, 0.1) is 6.04 Å². The summed E-state index contributed by atoms with van der Waals surface area (Å²) in [7, 11) is 0. The van der Waals surface area contributed by atoms with Crippen molar-refractivity contribution in [1.29, 1.82) is 0 Å². The Morgan fingerprint density at radius 1 is 1.04 bits per heavy atom. The minimum Gasteiger partial charge on any atom is -0.346 e. The average Bonchev–Trinajstić information content (AvgIpc) is 3.06. The first-order chi connectivity index (χ1) is 13.1. The maximum Gasteiger partial charge on any atom is 0.313 e. The maximum absolute atomic E-state index is 12.3. The van der Waals surface area contributed by atoms with Crippen LogP contribution in [0.4, 0.5) is 5.69 Å². The third kappa shape index (κ3) is 5.79. The first-order valence-corrected chi connectivity index (χ1v) is 10.6. The number of carbonyl (C=O) groups is 2. The van der Waals surface area contributed by atoms with Crippen LogP contribution in [-0.4, -0.2) is 36.3 Å². The van der Waals surface area contributed by atoms with Crippen LogP contribution in [0.3, 0.4) is 0 Å². The van der Waals surface area contributed by atoms with Crippen molar-refractivity contribution in [2.45, 2.75) is 31.7 Å². The van der Waals surface area contributed by atoms with Crippen molar-refractivity contribution in [3.8, 4) is 0 Å². The molecule has 27 heavy (non-hydrogen) atoms. The molecule has 0 spiro atoms. The monoisotopic (exact) mass is 405 g/mol. The molecule has 2 amide bonds. The number of nitrogens with zero attached hydrogens (tertiary/aromatic N) is 1. The summed E-state index contributed by atoms with van der Waals surface area (Å²) in [5, 5.41) is 10.2. The first kappa shape index (κ1) is 19.9. The van der Waals surface area contributed by atoms with Crippen LogP contribution in [0, 0.1) is 0 Å². The van der Waals surface area contributed by atoms with Gasteiger partial charge < -0.3 is 10.6 Å². The molecule has 5 nitrogen and oxygen atoms in total. The number of likely N-dealkylation sites (tertiary alicyclic amines) is 1. The van der Waals surface area contributed by atoms with Gasteiger partial charge in [-0.25, -0.2) is 0 Å². The lowest BCUT2D eigenvalue weighted by Crippen LogP contribution is -2.42. The molecular weight excluding hydrogens is 382 g/mol. The van der Waals surface area contributed by atoms with Crippen molar-refractivity contribution in [3.05, 3.63) is 51.7 Å². The van der Waals surface area contributed by atoms with Gasteiger partial charge in [0.15, 0.2) is 0 Å². The molecule has 0 bridgehead atoms. The number of thiophene rings is 1. The molecule has 1 aliphatic heterocycles. The summed E-state index contributed by atoms with van der Waals surface area (Å²) in [6, 6.07) is 8.86. The third-order valence-corrected chi connectivity index (χ3v) is 5.73.